The number of benzene rings is 1. The number of amides is 3. The highest BCUT2D eigenvalue weighted by Crippen LogP contribution is 2.24. The van der Waals surface area contributed by atoms with Crippen LogP contribution >= 0.6 is 0 Å². The lowest BCUT2D eigenvalue weighted by molar-refractivity contribution is -0.125. The molecule has 0 unspecified atom stereocenters. The molecule has 0 spiro atoms. The van der Waals surface area contributed by atoms with E-state index in [-0.39, 0.29) is 18.5 Å². The van der Waals surface area contributed by atoms with Crippen LogP contribution in [0.15, 0.2) is 42.9 Å². The molecule has 3 heterocycles. The van der Waals surface area contributed by atoms with E-state index in [9.17, 15) is 9.59 Å². The van der Waals surface area contributed by atoms with Gasteiger partial charge in [-0.2, -0.15) is 0 Å². The van der Waals surface area contributed by atoms with Crippen molar-refractivity contribution >= 4 is 35.1 Å². The number of nitrogens with zero attached hydrogens (tertiary/aromatic N) is 5. The molecule has 0 bridgehead atoms. The minimum Gasteiger partial charge on any atom is -0.491 e. The molecule has 194 valence electrons. The van der Waals surface area contributed by atoms with E-state index in [0.717, 1.165) is 5.69 Å². The lowest BCUT2D eigenvalue weighted by Crippen LogP contribution is -2.41. The zero-order valence-corrected chi connectivity index (χ0v) is 20.6. The molecule has 0 saturated carbocycles. The van der Waals surface area contributed by atoms with Crippen LogP contribution < -0.4 is 25.6 Å². The SMILES string of the molecule is CCOCCNc1nc(-c2cnc(NC(=O)Nc3ccc(N4CCOCC4=O)cc3)nc2)ncc1OC. The molecule has 4 rings (SSSR count). The first-order chi connectivity index (χ1) is 18.1. The number of carbonyl (C=O) groups excluding carboxylic acids is 2. The summed E-state index contributed by atoms with van der Waals surface area (Å²) in [5.74, 6) is 1.44. The van der Waals surface area contributed by atoms with Gasteiger partial charge >= 0.3 is 6.03 Å². The summed E-state index contributed by atoms with van der Waals surface area (Å²) in [6.07, 6.45) is 4.59. The second-order valence-electron chi connectivity index (χ2n) is 7.75. The van der Waals surface area contributed by atoms with E-state index in [2.05, 4.69) is 35.9 Å². The lowest BCUT2D eigenvalue weighted by Gasteiger charge is -2.26. The zero-order chi connectivity index (χ0) is 26.0. The Morgan fingerprint density at radius 2 is 1.89 bits per heavy atom. The van der Waals surface area contributed by atoms with Crippen molar-refractivity contribution < 1.29 is 23.8 Å². The van der Waals surface area contributed by atoms with Crippen LogP contribution in [0.1, 0.15) is 6.92 Å². The van der Waals surface area contributed by atoms with E-state index < -0.39 is 6.03 Å². The Labute approximate surface area is 213 Å². The Morgan fingerprint density at radius 1 is 1.11 bits per heavy atom. The van der Waals surface area contributed by atoms with Crippen molar-refractivity contribution in [1.82, 2.24) is 19.9 Å². The molecular formula is C24H28N8O5. The number of aromatic nitrogens is 4. The van der Waals surface area contributed by atoms with Gasteiger partial charge < -0.3 is 29.7 Å². The van der Waals surface area contributed by atoms with Crippen LogP contribution in [-0.4, -0.2) is 78.5 Å². The first-order valence-electron chi connectivity index (χ1n) is 11.7. The second kappa shape index (κ2) is 12.6. The highest BCUT2D eigenvalue weighted by atomic mass is 16.5. The highest BCUT2D eigenvalue weighted by Gasteiger charge is 2.20. The first-order valence-corrected chi connectivity index (χ1v) is 11.7. The number of hydrogen-bond donors (Lipinski definition) is 3. The molecule has 0 radical (unpaired) electrons. The second-order valence-corrected chi connectivity index (χ2v) is 7.75. The smallest absolute Gasteiger partial charge is 0.326 e. The van der Waals surface area contributed by atoms with E-state index in [0.29, 0.717) is 61.6 Å². The van der Waals surface area contributed by atoms with Gasteiger partial charge in [0.05, 0.1) is 32.1 Å². The number of methoxy groups -OCH3 is 1. The van der Waals surface area contributed by atoms with Crippen LogP contribution in [0.3, 0.4) is 0 Å². The Hall–Kier alpha value is -4.36. The van der Waals surface area contributed by atoms with Gasteiger partial charge in [0.25, 0.3) is 5.91 Å². The summed E-state index contributed by atoms with van der Waals surface area (Å²) >= 11 is 0. The van der Waals surface area contributed by atoms with E-state index in [1.54, 1.807) is 42.5 Å². The van der Waals surface area contributed by atoms with Crippen LogP contribution in [0.25, 0.3) is 11.4 Å². The van der Waals surface area contributed by atoms with Gasteiger partial charge in [-0.3, -0.25) is 10.1 Å². The first kappa shape index (κ1) is 25.7. The van der Waals surface area contributed by atoms with Crippen LogP contribution in [-0.2, 0) is 14.3 Å². The molecule has 0 atom stereocenters. The Balaban J connectivity index is 1.34. The van der Waals surface area contributed by atoms with E-state index >= 15 is 0 Å². The number of urea groups is 1. The van der Waals surface area contributed by atoms with Crippen molar-refractivity contribution in [1.29, 1.82) is 0 Å². The predicted molar refractivity (Wildman–Crippen MR) is 137 cm³/mol. The summed E-state index contributed by atoms with van der Waals surface area (Å²) in [7, 11) is 1.54. The lowest BCUT2D eigenvalue weighted by atomic mass is 10.2. The topological polar surface area (TPSA) is 153 Å². The van der Waals surface area contributed by atoms with Crippen LogP contribution in [0, 0.1) is 0 Å². The van der Waals surface area contributed by atoms with Gasteiger partial charge in [-0.15, -0.1) is 0 Å². The predicted octanol–water partition coefficient (Wildman–Crippen LogP) is 2.40. The molecule has 1 fully saturated rings. The molecule has 3 N–H and O–H groups in total. The fourth-order valence-electron chi connectivity index (χ4n) is 3.46. The van der Waals surface area contributed by atoms with Gasteiger partial charge in [0.2, 0.25) is 5.95 Å². The number of ether oxygens (including phenoxy) is 3. The highest BCUT2D eigenvalue weighted by molar-refractivity contribution is 5.99. The van der Waals surface area contributed by atoms with Crippen LogP contribution in [0.5, 0.6) is 5.75 Å². The molecule has 1 aliphatic heterocycles. The summed E-state index contributed by atoms with van der Waals surface area (Å²) in [5, 5.41) is 8.46. The van der Waals surface area contributed by atoms with Gasteiger partial charge in [0.15, 0.2) is 17.4 Å². The van der Waals surface area contributed by atoms with Crippen LogP contribution in [0.4, 0.5) is 27.9 Å². The number of anilines is 4. The molecule has 0 aliphatic carbocycles. The summed E-state index contributed by atoms with van der Waals surface area (Å²) in [4.78, 5) is 43.2. The van der Waals surface area contributed by atoms with Crippen molar-refractivity contribution in [2.24, 2.45) is 0 Å². The molecule has 13 heteroatoms. The summed E-state index contributed by atoms with van der Waals surface area (Å²) in [5.41, 5.74) is 1.86. The number of rotatable bonds is 10. The Bertz CT molecular complexity index is 1210. The normalized spacial score (nSPS) is 13.2. The third-order valence-corrected chi connectivity index (χ3v) is 5.28. The van der Waals surface area contributed by atoms with Gasteiger partial charge in [-0.05, 0) is 31.2 Å². The average molecular weight is 509 g/mol. The van der Waals surface area contributed by atoms with Crippen molar-refractivity contribution in [2.45, 2.75) is 6.92 Å². The Kier molecular flexibility index (Phi) is 8.73. The van der Waals surface area contributed by atoms with Gasteiger partial charge in [-0.25, -0.2) is 24.7 Å². The van der Waals surface area contributed by atoms with E-state index in [1.807, 2.05) is 6.92 Å². The third-order valence-electron chi connectivity index (χ3n) is 5.28. The van der Waals surface area contributed by atoms with Gasteiger partial charge in [0, 0.05) is 43.5 Å². The largest absolute Gasteiger partial charge is 0.491 e. The van der Waals surface area contributed by atoms with Crippen molar-refractivity contribution in [3.63, 3.8) is 0 Å². The minimum absolute atomic E-state index is 0.0678. The molecule has 3 aromatic rings. The summed E-state index contributed by atoms with van der Waals surface area (Å²) in [6.45, 7) is 4.70. The molecule has 3 amide bonds. The minimum atomic E-state index is -0.510. The number of morpholine rings is 1. The third kappa shape index (κ3) is 6.86. The average Bonchev–Trinajstić information content (AvgIpc) is 2.92. The maximum absolute atomic E-state index is 12.4. The number of nitrogens with one attached hydrogen (secondary N) is 3. The molecule has 1 saturated heterocycles. The van der Waals surface area contributed by atoms with Gasteiger partial charge in [-0.1, -0.05) is 0 Å². The standard InChI is InChI=1S/C24H28N8O5/c1-3-36-10-8-25-22-19(35-2)14-26-21(30-22)16-12-27-23(28-13-16)31-24(34)29-17-4-6-18(7-5-17)32-9-11-37-15-20(32)33/h4-7,12-14H,3,8-11,15H2,1-2H3,(H,25,26,30)(H2,27,28,29,31,34). The molecule has 2 aromatic heterocycles. The number of hydrogen-bond acceptors (Lipinski definition) is 10. The molecular weight excluding hydrogens is 480 g/mol. The molecule has 1 aromatic carbocycles. The van der Waals surface area contributed by atoms with Gasteiger partial charge in [0.1, 0.15) is 6.61 Å². The Morgan fingerprint density at radius 3 is 2.59 bits per heavy atom. The van der Waals surface area contributed by atoms with Crippen molar-refractivity contribution in [3.05, 3.63) is 42.9 Å². The van der Waals surface area contributed by atoms with Crippen molar-refractivity contribution in [2.75, 3.05) is 67.5 Å². The number of carbonyl (C=O) groups is 2. The fraction of sp³-hybridized carbons (Fsp3) is 0.333. The quantitative estimate of drug-likeness (QED) is 0.348. The maximum Gasteiger partial charge on any atom is 0.326 e. The van der Waals surface area contributed by atoms with E-state index in [1.165, 1.54) is 12.4 Å². The zero-order valence-electron chi connectivity index (χ0n) is 20.6. The van der Waals surface area contributed by atoms with Crippen molar-refractivity contribution in [3.8, 4) is 17.1 Å². The summed E-state index contributed by atoms with van der Waals surface area (Å²) < 4.78 is 15.8. The summed E-state index contributed by atoms with van der Waals surface area (Å²) in [6, 6.07) is 6.44. The monoisotopic (exact) mass is 508 g/mol. The molecule has 1 aliphatic rings. The maximum atomic E-state index is 12.4. The molecule has 13 nitrogen and oxygen atoms in total. The van der Waals surface area contributed by atoms with Crippen LogP contribution in [0.2, 0.25) is 0 Å². The van der Waals surface area contributed by atoms with E-state index in [4.69, 9.17) is 14.2 Å². The molecule has 37 heavy (non-hydrogen) atoms. The fourth-order valence-corrected chi connectivity index (χ4v) is 3.46.